The van der Waals surface area contributed by atoms with E-state index in [2.05, 4.69) is 46.9 Å². The number of piperidine rings is 1. The largest absolute Gasteiger partial charge is 0.496 e. The molecule has 0 aliphatic carbocycles. The SMILES string of the molecule is COc1cccc(OC)c1C(=O)N1CCC(n2ccc3cc(OCCCN4CCC[C@H]4C)ccc32)CC1. The number of likely N-dealkylation sites (tertiary alicyclic amines) is 2. The van der Waals surface area contributed by atoms with Crippen LogP contribution in [0.5, 0.6) is 17.2 Å². The second-order valence-electron chi connectivity index (χ2n) is 10.2. The van der Waals surface area contributed by atoms with E-state index in [4.69, 9.17) is 14.2 Å². The van der Waals surface area contributed by atoms with Crippen molar-refractivity contribution in [1.82, 2.24) is 14.4 Å². The van der Waals surface area contributed by atoms with E-state index >= 15 is 0 Å². The van der Waals surface area contributed by atoms with Crippen LogP contribution in [0.4, 0.5) is 0 Å². The molecule has 7 heteroatoms. The summed E-state index contributed by atoms with van der Waals surface area (Å²) in [6, 6.07) is 15.1. The second kappa shape index (κ2) is 11.5. The number of carbonyl (C=O) groups excluding carboxylic acids is 1. The van der Waals surface area contributed by atoms with Crippen LogP contribution < -0.4 is 14.2 Å². The van der Waals surface area contributed by atoms with Crippen molar-refractivity contribution in [2.75, 3.05) is 47.0 Å². The number of methoxy groups -OCH3 is 2. The number of nitrogens with zero attached hydrogens (tertiary/aromatic N) is 3. The smallest absolute Gasteiger partial charge is 0.261 e. The molecule has 7 nitrogen and oxygen atoms in total. The Morgan fingerprint density at radius 1 is 0.973 bits per heavy atom. The van der Waals surface area contributed by atoms with Gasteiger partial charge in [-0.15, -0.1) is 0 Å². The topological polar surface area (TPSA) is 56.2 Å². The zero-order valence-corrected chi connectivity index (χ0v) is 22.3. The highest BCUT2D eigenvalue weighted by Gasteiger charge is 2.29. The number of ether oxygens (including phenoxy) is 3. The molecule has 0 spiro atoms. The predicted octanol–water partition coefficient (Wildman–Crippen LogP) is 5.39. The zero-order valence-electron chi connectivity index (χ0n) is 22.3. The van der Waals surface area contributed by atoms with Gasteiger partial charge < -0.3 is 28.6 Å². The van der Waals surface area contributed by atoms with Gasteiger partial charge in [0.15, 0.2) is 0 Å². The van der Waals surface area contributed by atoms with Crippen molar-refractivity contribution in [3.05, 3.63) is 54.2 Å². The lowest BCUT2D eigenvalue weighted by molar-refractivity contribution is 0.0689. The maximum absolute atomic E-state index is 13.3. The van der Waals surface area contributed by atoms with Crippen LogP contribution >= 0.6 is 0 Å². The third-order valence-electron chi connectivity index (χ3n) is 8.03. The van der Waals surface area contributed by atoms with Gasteiger partial charge >= 0.3 is 0 Å². The molecule has 37 heavy (non-hydrogen) atoms. The number of fused-ring (bicyclic) bond motifs is 1. The monoisotopic (exact) mass is 505 g/mol. The Balaban J connectivity index is 1.18. The Morgan fingerprint density at radius 3 is 2.41 bits per heavy atom. The molecule has 1 amide bonds. The number of carbonyl (C=O) groups is 1. The van der Waals surface area contributed by atoms with Crippen molar-refractivity contribution >= 4 is 16.8 Å². The fourth-order valence-corrected chi connectivity index (χ4v) is 5.90. The first kappa shape index (κ1) is 25.5. The minimum atomic E-state index is -0.0360. The van der Waals surface area contributed by atoms with Crippen LogP contribution in [-0.4, -0.2) is 73.3 Å². The Morgan fingerprint density at radius 2 is 1.73 bits per heavy atom. The van der Waals surface area contributed by atoms with Crippen molar-refractivity contribution in [1.29, 1.82) is 0 Å². The van der Waals surface area contributed by atoms with E-state index in [1.54, 1.807) is 26.4 Å². The summed E-state index contributed by atoms with van der Waals surface area (Å²) in [6.45, 7) is 6.81. The lowest BCUT2D eigenvalue weighted by atomic mass is 10.0. The lowest BCUT2D eigenvalue weighted by Crippen LogP contribution is -2.39. The van der Waals surface area contributed by atoms with Gasteiger partial charge in [-0.3, -0.25) is 4.79 Å². The van der Waals surface area contributed by atoms with E-state index in [1.165, 1.54) is 30.3 Å². The van der Waals surface area contributed by atoms with Crippen molar-refractivity contribution < 1.29 is 19.0 Å². The highest BCUT2D eigenvalue weighted by molar-refractivity contribution is 5.99. The molecule has 198 valence electrons. The molecule has 2 aliphatic rings. The van der Waals surface area contributed by atoms with E-state index in [0.29, 0.717) is 42.2 Å². The Kier molecular flexibility index (Phi) is 7.89. The highest BCUT2D eigenvalue weighted by atomic mass is 16.5. The number of aromatic nitrogens is 1. The van der Waals surface area contributed by atoms with Crippen LogP contribution in [0.25, 0.3) is 10.9 Å². The molecular formula is C30H39N3O4. The number of hydrogen-bond acceptors (Lipinski definition) is 5. The Hall–Kier alpha value is -3.19. The summed E-state index contributed by atoms with van der Waals surface area (Å²) >= 11 is 0. The van der Waals surface area contributed by atoms with Gasteiger partial charge in [0, 0.05) is 48.8 Å². The van der Waals surface area contributed by atoms with Crippen LogP contribution in [0.1, 0.15) is 55.4 Å². The molecule has 0 N–H and O–H groups in total. The Labute approximate surface area is 219 Å². The molecule has 1 atom stereocenters. The second-order valence-corrected chi connectivity index (χ2v) is 10.2. The molecule has 3 heterocycles. The van der Waals surface area contributed by atoms with Crippen molar-refractivity contribution in [3.8, 4) is 17.2 Å². The van der Waals surface area contributed by atoms with Gasteiger partial charge in [-0.25, -0.2) is 0 Å². The van der Waals surface area contributed by atoms with E-state index in [-0.39, 0.29) is 5.91 Å². The first-order chi connectivity index (χ1) is 18.1. The van der Waals surface area contributed by atoms with Crippen LogP contribution in [-0.2, 0) is 0 Å². The Bertz CT molecular complexity index is 1190. The molecule has 2 aliphatic heterocycles. The molecule has 3 aromatic rings. The molecule has 0 radical (unpaired) electrons. The minimum Gasteiger partial charge on any atom is -0.496 e. The third-order valence-corrected chi connectivity index (χ3v) is 8.03. The maximum atomic E-state index is 13.3. The van der Waals surface area contributed by atoms with Gasteiger partial charge in [0.05, 0.1) is 20.8 Å². The van der Waals surface area contributed by atoms with Crippen molar-refractivity contribution in [3.63, 3.8) is 0 Å². The summed E-state index contributed by atoms with van der Waals surface area (Å²) < 4.78 is 19.3. The van der Waals surface area contributed by atoms with Gasteiger partial charge in [0.2, 0.25) is 0 Å². The van der Waals surface area contributed by atoms with E-state index in [9.17, 15) is 4.79 Å². The fourth-order valence-electron chi connectivity index (χ4n) is 5.90. The summed E-state index contributed by atoms with van der Waals surface area (Å²) in [5.74, 6) is 2.00. The molecule has 0 saturated carbocycles. The standard InChI is InChI=1S/C30H39N3O4/c1-22-7-5-15-31(22)16-6-20-37-25-10-11-26-23(21-25)12-19-33(26)24-13-17-32(18-14-24)30(34)29-27(35-2)8-4-9-28(29)36-3/h4,8-12,19,21-22,24H,5-7,13-18,20H2,1-3H3/t22-/m1/s1. The van der Waals surface area contributed by atoms with E-state index < -0.39 is 0 Å². The summed E-state index contributed by atoms with van der Waals surface area (Å²) in [4.78, 5) is 17.8. The molecule has 2 fully saturated rings. The predicted molar refractivity (Wildman–Crippen MR) is 146 cm³/mol. The highest BCUT2D eigenvalue weighted by Crippen LogP contribution is 2.33. The van der Waals surface area contributed by atoms with Gasteiger partial charge in [0.1, 0.15) is 22.8 Å². The van der Waals surface area contributed by atoms with Crippen molar-refractivity contribution in [2.24, 2.45) is 0 Å². The summed E-state index contributed by atoms with van der Waals surface area (Å²) in [7, 11) is 3.17. The summed E-state index contributed by atoms with van der Waals surface area (Å²) in [5, 5.41) is 1.20. The lowest BCUT2D eigenvalue weighted by Gasteiger charge is -2.33. The summed E-state index contributed by atoms with van der Waals surface area (Å²) in [5.41, 5.74) is 1.72. The number of hydrogen-bond donors (Lipinski definition) is 0. The van der Waals surface area contributed by atoms with Gasteiger partial charge in [-0.2, -0.15) is 0 Å². The minimum absolute atomic E-state index is 0.0360. The average molecular weight is 506 g/mol. The van der Waals surface area contributed by atoms with Crippen LogP contribution in [0.3, 0.4) is 0 Å². The number of benzene rings is 2. The van der Waals surface area contributed by atoms with E-state index in [0.717, 1.165) is 38.2 Å². The normalized spacial score (nSPS) is 18.9. The van der Waals surface area contributed by atoms with Gasteiger partial charge in [-0.05, 0) is 82.0 Å². The van der Waals surface area contributed by atoms with Crippen LogP contribution in [0, 0.1) is 0 Å². The average Bonchev–Trinajstić information content (AvgIpc) is 3.55. The first-order valence-electron chi connectivity index (χ1n) is 13.6. The van der Waals surface area contributed by atoms with Gasteiger partial charge in [-0.1, -0.05) is 6.07 Å². The maximum Gasteiger partial charge on any atom is 0.261 e. The third kappa shape index (κ3) is 5.42. The first-order valence-corrected chi connectivity index (χ1v) is 13.6. The van der Waals surface area contributed by atoms with Gasteiger partial charge in [0.25, 0.3) is 5.91 Å². The summed E-state index contributed by atoms with van der Waals surface area (Å²) in [6.07, 6.45) is 7.68. The molecule has 1 aromatic heterocycles. The molecule has 2 aromatic carbocycles. The quantitative estimate of drug-likeness (QED) is 0.365. The van der Waals surface area contributed by atoms with Crippen LogP contribution in [0.2, 0.25) is 0 Å². The molecule has 0 bridgehead atoms. The van der Waals surface area contributed by atoms with Crippen molar-refractivity contribution in [2.45, 2.75) is 51.1 Å². The molecule has 2 saturated heterocycles. The fraction of sp³-hybridized carbons (Fsp3) is 0.500. The zero-order chi connectivity index (χ0) is 25.8. The molecular weight excluding hydrogens is 466 g/mol. The van der Waals surface area contributed by atoms with E-state index in [1.807, 2.05) is 11.0 Å². The number of rotatable bonds is 9. The van der Waals surface area contributed by atoms with Crippen LogP contribution in [0.15, 0.2) is 48.7 Å². The molecule has 5 rings (SSSR count). The molecule has 0 unspecified atom stereocenters. The number of amides is 1.